The maximum absolute atomic E-state index is 13.1. The molecule has 18 heavy (non-hydrogen) atoms. The van der Waals surface area contributed by atoms with Crippen molar-refractivity contribution in [1.82, 2.24) is 14.8 Å². The first-order valence-corrected chi connectivity index (χ1v) is 6.91. The zero-order chi connectivity index (χ0) is 12.8. The first kappa shape index (κ1) is 13.7. The van der Waals surface area contributed by atoms with Gasteiger partial charge >= 0.3 is 0 Å². The van der Waals surface area contributed by atoms with Gasteiger partial charge in [0, 0.05) is 38.3 Å². The van der Waals surface area contributed by atoms with E-state index in [1.54, 1.807) is 12.3 Å². The minimum atomic E-state index is -0.258. The Morgan fingerprint density at radius 3 is 2.72 bits per heavy atom. The second-order valence-corrected chi connectivity index (χ2v) is 5.05. The zero-order valence-corrected chi connectivity index (χ0v) is 11.2. The zero-order valence-electron chi connectivity index (χ0n) is 10.5. The Labute approximate surface area is 113 Å². The fourth-order valence-electron chi connectivity index (χ4n) is 2.33. The van der Waals surface area contributed by atoms with E-state index in [2.05, 4.69) is 14.8 Å². The molecule has 1 aliphatic heterocycles. The lowest BCUT2D eigenvalue weighted by Gasteiger charge is -2.21. The fourth-order valence-corrected chi connectivity index (χ4v) is 2.57. The molecule has 1 fully saturated rings. The average molecular weight is 272 g/mol. The monoisotopic (exact) mass is 271 g/mol. The number of nitrogens with zero attached hydrogens (tertiary/aromatic N) is 3. The van der Waals surface area contributed by atoms with Crippen LogP contribution < -0.4 is 0 Å². The van der Waals surface area contributed by atoms with Crippen LogP contribution in [0.5, 0.6) is 0 Å². The Hall–Kier alpha value is -0.710. The summed E-state index contributed by atoms with van der Waals surface area (Å²) in [6.07, 6.45) is 4.12. The van der Waals surface area contributed by atoms with Gasteiger partial charge in [-0.2, -0.15) is 0 Å². The highest BCUT2D eigenvalue weighted by atomic mass is 35.5. The van der Waals surface area contributed by atoms with Crippen LogP contribution in [0.25, 0.3) is 0 Å². The molecule has 0 unspecified atom stereocenters. The van der Waals surface area contributed by atoms with Crippen molar-refractivity contribution in [3.63, 3.8) is 0 Å². The Morgan fingerprint density at radius 1 is 1.17 bits per heavy atom. The lowest BCUT2D eigenvalue weighted by molar-refractivity contribution is 0.257. The van der Waals surface area contributed by atoms with Gasteiger partial charge in [0.2, 0.25) is 0 Å². The van der Waals surface area contributed by atoms with Crippen molar-refractivity contribution in [2.24, 2.45) is 0 Å². The summed E-state index contributed by atoms with van der Waals surface area (Å²) in [5.41, 5.74) is 0.945. The minimum Gasteiger partial charge on any atom is -0.301 e. The molecule has 1 aromatic rings. The smallest absolute Gasteiger partial charge is 0.141 e. The van der Waals surface area contributed by atoms with Crippen molar-refractivity contribution in [1.29, 1.82) is 0 Å². The number of hydrogen-bond donors (Lipinski definition) is 0. The summed E-state index contributed by atoms with van der Waals surface area (Å²) in [7, 11) is 0. The van der Waals surface area contributed by atoms with Crippen LogP contribution in [0.4, 0.5) is 4.39 Å². The molecule has 0 bridgehead atoms. The molecule has 2 heterocycles. The van der Waals surface area contributed by atoms with Gasteiger partial charge < -0.3 is 4.90 Å². The molecule has 1 saturated heterocycles. The molecular weight excluding hydrogens is 253 g/mol. The van der Waals surface area contributed by atoms with Crippen LogP contribution >= 0.6 is 11.6 Å². The molecule has 0 aromatic carbocycles. The van der Waals surface area contributed by atoms with Crippen LogP contribution in [0.15, 0.2) is 18.5 Å². The van der Waals surface area contributed by atoms with E-state index in [9.17, 15) is 4.39 Å². The molecule has 0 amide bonds. The van der Waals surface area contributed by atoms with Crippen molar-refractivity contribution in [2.75, 3.05) is 38.6 Å². The maximum atomic E-state index is 13.1. The molecular formula is C13H19ClFN3. The van der Waals surface area contributed by atoms with Gasteiger partial charge in [0.15, 0.2) is 0 Å². The Morgan fingerprint density at radius 2 is 1.94 bits per heavy atom. The summed E-state index contributed by atoms with van der Waals surface area (Å²) >= 11 is 5.77. The number of halogens is 2. The first-order valence-electron chi connectivity index (χ1n) is 6.38. The summed E-state index contributed by atoms with van der Waals surface area (Å²) in [6.45, 7) is 5.93. The maximum Gasteiger partial charge on any atom is 0.141 e. The third-order valence-electron chi connectivity index (χ3n) is 3.25. The molecule has 1 aliphatic rings. The lowest BCUT2D eigenvalue weighted by atomic mass is 10.2. The summed E-state index contributed by atoms with van der Waals surface area (Å²) < 4.78 is 13.1. The highest BCUT2D eigenvalue weighted by molar-refractivity contribution is 6.18. The molecule has 0 N–H and O–H groups in total. The molecule has 1 aromatic heterocycles. The predicted octanol–water partition coefficient (Wildman–Crippen LogP) is 1.97. The molecule has 0 spiro atoms. The number of rotatable bonds is 4. The van der Waals surface area contributed by atoms with E-state index in [0.29, 0.717) is 5.88 Å². The van der Waals surface area contributed by atoms with Crippen LogP contribution in [0.2, 0.25) is 0 Å². The van der Waals surface area contributed by atoms with E-state index in [1.807, 2.05) is 0 Å². The van der Waals surface area contributed by atoms with E-state index < -0.39 is 0 Å². The minimum absolute atomic E-state index is 0.258. The van der Waals surface area contributed by atoms with E-state index in [0.717, 1.165) is 51.3 Å². The number of alkyl halides is 1. The first-order chi connectivity index (χ1) is 8.78. The largest absolute Gasteiger partial charge is 0.301 e. The van der Waals surface area contributed by atoms with Crippen LogP contribution in [0.3, 0.4) is 0 Å². The van der Waals surface area contributed by atoms with Gasteiger partial charge in [-0.25, -0.2) is 4.39 Å². The predicted molar refractivity (Wildman–Crippen MR) is 71.2 cm³/mol. The molecule has 5 heteroatoms. The van der Waals surface area contributed by atoms with Crippen molar-refractivity contribution in [3.8, 4) is 0 Å². The Balaban J connectivity index is 1.87. The Kier molecular flexibility index (Phi) is 5.35. The third kappa shape index (κ3) is 4.19. The highest BCUT2D eigenvalue weighted by Crippen LogP contribution is 2.09. The van der Waals surface area contributed by atoms with Crippen LogP contribution in [0, 0.1) is 5.82 Å². The van der Waals surface area contributed by atoms with E-state index >= 15 is 0 Å². The van der Waals surface area contributed by atoms with Crippen molar-refractivity contribution >= 4 is 11.6 Å². The second kappa shape index (κ2) is 7.02. The molecule has 0 aliphatic carbocycles. The third-order valence-corrected chi connectivity index (χ3v) is 3.42. The van der Waals surface area contributed by atoms with Crippen LogP contribution in [-0.2, 0) is 6.54 Å². The lowest BCUT2D eigenvalue weighted by Crippen LogP contribution is -2.31. The van der Waals surface area contributed by atoms with Gasteiger partial charge in [0.1, 0.15) is 5.82 Å². The van der Waals surface area contributed by atoms with Gasteiger partial charge in [-0.1, -0.05) is 0 Å². The quantitative estimate of drug-likeness (QED) is 0.781. The summed E-state index contributed by atoms with van der Waals surface area (Å²) in [5.74, 6) is 0.430. The average Bonchev–Trinajstić information content (AvgIpc) is 2.56. The van der Waals surface area contributed by atoms with Crippen LogP contribution in [-0.4, -0.2) is 53.4 Å². The molecule has 3 nitrogen and oxygen atoms in total. The number of aromatic nitrogens is 1. The summed E-state index contributed by atoms with van der Waals surface area (Å²) in [5, 5.41) is 0. The second-order valence-electron chi connectivity index (χ2n) is 4.67. The summed E-state index contributed by atoms with van der Waals surface area (Å²) in [4.78, 5) is 8.63. The molecule has 100 valence electrons. The standard InChI is InChI=1S/C13H19ClFN3/c14-2-5-17-3-1-4-18(7-6-17)11-12-8-13(15)10-16-9-12/h8-10H,1-7,11H2. The van der Waals surface area contributed by atoms with Crippen molar-refractivity contribution < 1.29 is 4.39 Å². The SMILES string of the molecule is Fc1cncc(CN2CCCN(CCCl)CC2)c1. The van der Waals surface area contributed by atoms with Crippen molar-refractivity contribution in [3.05, 3.63) is 29.8 Å². The van der Waals surface area contributed by atoms with E-state index in [4.69, 9.17) is 11.6 Å². The molecule has 0 saturated carbocycles. The summed E-state index contributed by atoms with van der Waals surface area (Å²) in [6, 6.07) is 1.56. The van der Waals surface area contributed by atoms with Crippen molar-refractivity contribution in [2.45, 2.75) is 13.0 Å². The Bertz CT molecular complexity index is 375. The topological polar surface area (TPSA) is 19.4 Å². The fraction of sp³-hybridized carbons (Fsp3) is 0.615. The van der Waals surface area contributed by atoms with Gasteiger partial charge in [-0.05, 0) is 31.1 Å². The number of hydrogen-bond acceptors (Lipinski definition) is 3. The van der Waals surface area contributed by atoms with E-state index in [-0.39, 0.29) is 5.82 Å². The molecule has 0 radical (unpaired) electrons. The molecule has 2 rings (SSSR count). The van der Waals surface area contributed by atoms with Crippen LogP contribution in [0.1, 0.15) is 12.0 Å². The van der Waals surface area contributed by atoms with Gasteiger partial charge in [-0.3, -0.25) is 9.88 Å². The number of pyridine rings is 1. The highest BCUT2D eigenvalue weighted by Gasteiger charge is 2.14. The van der Waals surface area contributed by atoms with Gasteiger partial charge in [0.05, 0.1) is 6.20 Å². The molecule has 0 atom stereocenters. The van der Waals surface area contributed by atoms with Gasteiger partial charge in [0.25, 0.3) is 0 Å². The van der Waals surface area contributed by atoms with E-state index in [1.165, 1.54) is 6.20 Å². The normalized spacial score (nSPS) is 18.8. The van der Waals surface area contributed by atoms with Gasteiger partial charge in [-0.15, -0.1) is 11.6 Å².